The summed E-state index contributed by atoms with van der Waals surface area (Å²) in [5, 5.41) is 3.89. The average molecular weight is 223 g/mol. The van der Waals surface area contributed by atoms with Crippen LogP contribution in [0.25, 0.3) is 0 Å². The highest BCUT2D eigenvalue weighted by molar-refractivity contribution is 5.03. The zero-order chi connectivity index (χ0) is 11.0. The molecule has 0 aromatic heterocycles. The molecule has 3 nitrogen and oxygen atoms in total. The topological polar surface area (TPSA) is 41.3 Å². The molecule has 3 fully saturated rings. The number of hydrogen-bond acceptors (Lipinski definition) is 3. The molecule has 0 radical (unpaired) electrons. The van der Waals surface area contributed by atoms with Gasteiger partial charge in [-0.25, -0.2) is 0 Å². The highest BCUT2D eigenvalue weighted by Gasteiger charge is 2.43. The first-order valence-corrected chi connectivity index (χ1v) is 7.03. The quantitative estimate of drug-likeness (QED) is 0.749. The van der Waals surface area contributed by atoms with E-state index in [9.17, 15) is 0 Å². The molecule has 3 aliphatic rings. The Morgan fingerprint density at radius 3 is 2.56 bits per heavy atom. The van der Waals surface area contributed by atoms with E-state index in [4.69, 9.17) is 5.73 Å². The molecule has 16 heavy (non-hydrogen) atoms. The molecule has 1 saturated heterocycles. The molecule has 1 aliphatic heterocycles. The maximum Gasteiger partial charge on any atom is 0.0447 e. The number of nitrogens with two attached hydrogens (primary N) is 1. The molecule has 3 heteroatoms. The Hall–Kier alpha value is -0.120. The number of likely N-dealkylation sites (tertiary alicyclic amines) is 1. The van der Waals surface area contributed by atoms with Gasteiger partial charge in [0.15, 0.2) is 0 Å². The van der Waals surface area contributed by atoms with Crippen LogP contribution in [0.1, 0.15) is 44.9 Å². The third kappa shape index (κ3) is 2.13. The first kappa shape index (κ1) is 11.0. The summed E-state index contributed by atoms with van der Waals surface area (Å²) >= 11 is 0. The number of hydrogen-bond donors (Lipinski definition) is 2. The van der Waals surface area contributed by atoms with E-state index in [2.05, 4.69) is 10.2 Å². The predicted octanol–water partition coefficient (Wildman–Crippen LogP) is 1.08. The molecule has 2 aliphatic carbocycles. The maximum absolute atomic E-state index is 6.04. The van der Waals surface area contributed by atoms with E-state index in [-0.39, 0.29) is 5.54 Å². The summed E-state index contributed by atoms with van der Waals surface area (Å²) in [4.78, 5) is 2.66. The Morgan fingerprint density at radius 2 is 1.94 bits per heavy atom. The van der Waals surface area contributed by atoms with Gasteiger partial charge in [0.2, 0.25) is 0 Å². The van der Waals surface area contributed by atoms with Crippen molar-refractivity contribution in [2.75, 3.05) is 19.6 Å². The van der Waals surface area contributed by atoms with E-state index in [1.54, 1.807) is 0 Å². The van der Waals surface area contributed by atoms with Crippen molar-refractivity contribution >= 4 is 0 Å². The minimum Gasteiger partial charge on any atom is -0.329 e. The van der Waals surface area contributed by atoms with Crippen LogP contribution in [-0.4, -0.2) is 42.2 Å². The summed E-state index contributed by atoms with van der Waals surface area (Å²) in [5.41, 5.74) is 6.29. The van der Waals surface area contributed by atoms with Gasteiger partial charge in [-0.15, -0.1) is 0 Å². The molecule has 1 unspecified atom stereocenters. The lowest BCUT2D eigenvalue weighted by atomic mass is 9.97. The Morgan fingerprint density at radius 1 is 1.19 bits per heavy atom. The maximum atomic E-state index is 6.04. The SMILES string of the molecule is NCC1(NC2CCCC2)CCN(C2CC2)C1. The van der Waals surface area contributed by atoms with Crippen molar-refractivity contribution in [3.63, 3.8) is 0 Å². The number of rotatable bonds is 4. The molecule has 0 aromatic rings. The van der Waals surface area contributed by atoms with E-state index in [0.717, 1.165) is 18.6 Å². The van der Waals surface area contributed by atoms with Gasteiger partial charge >= 0.3 is 0 Å². The van der Waals surface area contributed by atoms with Crippen LogP contribution >= 0.6 is 0 Å². The zero-order valence-electron chi connectivity index (χ0n) is 10.3. The van der Waals surface area contributed by atoms with Crippen LogP contribution in [0.3, 0.4) is 0 Å². The standard InChI is InChI=1S/C13H25N3/c14-9-13(15-11-3-1-2-4-11)7-8-16(10-13)12-5-6-12/h11-12,15H,1-10,14H2. The van der Waals surface area contributed by atoms with Crippen molar-refractivity contribution in [3.8, 4) is 0 Å². The van der Waals surface area contributed by atoms with E-state index in [0.29, 0.717) is 0 Å². The molecule has 0 spiro atoms. The van der Waals surface area contributed by atoms with Gasteiger partial charge in [-0.1, -0.05) is 12.8 Å². The smallest absolute Gasteiger partial charge is 0.0447 e. The van der Waals surface area contributed by atoms with Gasteiger partial charge in [-0.05, 0) is 32.1 Å². The summed E-state index contributed by atoms with van der Waals surface area (Å²) in [6.45, 7) is 3.28. The van der Waals surface area contributed by atoms with Crippen molar-refractivity contribution in [3.05, 3.63) is 0 Å². The fourth-order valence-corrected chi connectivity index (χ4v) is 3.50. The minimum absolute atomic E-state index is 0.248. The summed E-state index contributed by atoms with van der Waals surface area (Å²) in [7, 11) is 0. The van der Waals surface area contributed by atoms with Crippen LogP contribution in [0.2, 0.25) is 0 Å². The normalized spacial score (nSPS) is 37.3. The van der Waals surface area contributed by atoms with Crippen molar-refractivity contribution < 1.29 is 0 Å². The van der Waals surface area contributed by atoms with Crippen LogP contribution in [0.4, 0.5) is 0 Å². The summed E-state index contributed by atoms with van der Waals surface area (Å²) in [6.07, 6.45) is 9.65. The van der Waals surface area contributed by atoms with E-state index in [1.807, 2.05) is 0 Å². The predicted molar refractivity (Wildman–Crippen MR) is 66.4 cm³/mol. The van der Waals surface area contributed by atoms with Crippen LogP contribution in [-0.2, 0) is 0 Å². The first-order valence-electron chi connectivity index (χ1n) is 7.03. The van der Waals surface area contributed by atoms with E-state index in [1.165, 1.54) is 58.0 Å². The van der Waals surface area contributed by atoms with Crippen molar-refractivity contribution in [2.45, 2.75) is 62.6 Å². The largest absolute Gasteiger partial charge is 0.329 e. The van der Waals surface area contributed by atoms with Gasteiger partial charge in [0, 0.05) is 37.3 Å². The lowest BCUT2D eigenvalue weighted by molar-refractivity contribution is 0.257. The Labute approximate surface area is 98.8 Å². The zero-order valence-corrected chi connectivity index (χ0v) is 10.3. The van der Waals surface area contributed by atoms with Gasteiger partial charge in [0.1, 0.15) is 0 Å². The Bertz CT molecular complexity index is 246. The van der Waals surface area contributed by atoms with Crippen LogP contribution in [0.5, 0.6) is 0 Å². The summed E-state index contributed by atoms with van der Waals surface area (Å²) < 4.78 is 0. The van der Waals surface area contributed by atoms with Gasteiger partial charge in [0.05, 0.1) is 0 Å². The Kier molecular flexibility index (Phi) is 2.94. The molecule has 0 amide bonds. The molecule has 0 bridgehead atoms. The highest BCUT2D eigenvalue weighted by atomic mass is 15.3. The van der Waals surface area contributed by atoms with Crippen LogP contribution < -0.4 is 11.1 Å². The van der Waals surface area contributed by atoms with Crippen LogP contribution in [0.15, 0.2) is 0 Å². The van der Waals surface area contributed by atoms with Gasteiger partial charge in [-0.2, -0.15) is 0 Å². The van der Waals surface area contributed by atoms with Gasteiger partial charge < -0.3 is 11.1 Å². The molecule has 0 aromatic carbocycles. The molecule has 3 rings (SSSR count). The number of nitrogens with one attached hydrogen (secondary N) is 1. The fraction of sp³-hybridized carbons (Fsp3) is 1.00. The van der Waals surface area contributed by atoms with Crippen molar-refractivity contribution in [1.82, 2.24) is 10.2 Å². The lowest BCUT2D eigenvalue weighted by Crippen LogP contribution is -2.56. The minimum atomic E-state index is 0.248. The average Bonchev–Trinajstić information content (AvgIpc) is 2.88. The lowest BCUT2D eigenvalue weighted by Gasteiger charge is -2.33. The second kappa shape index (κ2) is 4.28. The molecule has 92 valence electrons. The summed E-state index contributed by atoms with van der Waals surface area (Å²) in [6, 6.07) is 1.65. The van der Waals surface area contributed by atoms with Gasteiger partial charge in [0.25, 0.3) is 0 Å². The molecule has 1 atom stereocenters. The molecule has 2 saturated carbocycles. The highest BCUT2D eigenvalue weighted by Crippen LogP contribution is 2.34. The molecule has 1 heterocycles. The molecular formula is C13H25N3. The monoisotopic (exact) mass is 223 g/mol. The molecular weight excluding hydrogens is 198 g/mol. The second-order valence-electron chi connectivity index (χ2n) is 6.06. The van der Waals surface area contributed by atoms with Gasteiger partial charge in [-0.3, -0.25) is 4.90 Å². The molecule has 3 N–H and O–H groups in total. The van der Waals surface area contributed by atoms with Crippen molar-refractivity contribution in [2.24, 2.45) is 5.73 Å². The summed E-state index contributed by atoms with van der Waals surface area (Å²) in [5.74, 6) is 0. The number of nitrogens with zero attached hydrogens (tertiary/aromatic N) is 1. The second-order valence-corrected chi connectivity index (χ2v) is 6.06. The van der Waals surface area contributed by atoms with Crippen LogP contribution in [0, 0.1) is 0 Å². The van der Waals surface area contributed by atoms with E-state index >= 15 is 0 Å². The Balaban J connectivity index is 1.59. The first-order chi connectivity index (χ1) is 7.81. The van der Waals surface area contributed by atoms with E-state index < -0.39 is 0 Å². The van der Waals surface area contributed by atoms with Crippen molar-refractivity contribution in [1.29, 1.82) is 0 Å². The fourth-order valence-electron chi connectivity index (χ4n) is 3.50. The third-order valence-corrected chi connectivity index (χ3v) is 4.70. The third-order valence-electron chi connectivity index (χ3n) is 4.70.